The lowest BCUT2D eigenvalue weighted by Gasteiger charge is -2.47. The topological polar surface area (TPSA) is 43.8 Å². The van der Waals surface area contributed by atoms with Crippen molar-refractivity contribution in [2.24, 2.45) is 0 Å². The summed E-state index contributed by atoms with van der Waals surface area (Å²) in [6.07, 6.45) is 5.37. The lowest BCUT2D eigenvalue weighted by atomic mass is 9.86. The highest BCUT2D eigenvalue weighted by atomic mass is 16.4. The van der Waals surface area contributed by atoms with E-state index in [2.05, 4.69) is 9.80 Å². The highest BCUT2D eigenvalue weighted by Crippen LogP contribution is 2.30. The summed E-state index contributed by atoms with van der Waals surface area (Å²) < 4.78 is 0. The van der Waals surface area contributed by atoms with Gasteiger partial charge in [0.05, 0.1) is 0 Å². The van der Waals surface area contributed by atoms with E-state index in [1.165, 1.54) is 6.42 Å². The zero-order chi connectivity index (χ0) is 11.6. The maximum atomic E-state index is 11.7. The van der Waals surface area contributed by atoms with Gasteiger partial charge in [-0.05, 0) is 52.4 Å². The predicted octanol–water partition coefficient (Wildman–Crippen LogP) is 1.02. The number of likely N-dealkylation sites (tertiary alicyclic amines) is 2. The van der Waals surface area contributed by atoms with E-state index < -0.39 is 11.5 Å². The third-order valence-electron chi connectivity index (χ3n) is 4.02. The van der Waals surface area contributed by atoms with Crippen molar-refractivity contribution in [1.29, 1.82) is 0 Å². The number of carboxylic acids is 1. The first-order valence-electron chi connectivity index (χ1n) is 6.32. The van der Waals surface area contributed by atoms with Crippen LogP contribution in [0.1, 0.15) is 32.1 Å². The summed E-state index contributed by atoms with van der Waals surface area (Å²) in [6.45, 7) is 3.63. The first kappa shape index (κ1) is 11.9. The highest BCUT2D eigenvalue weighted by molar-refractivity contribution is 5.79. The minimum atomic E-state index is -0.624. The number of rotatable bonds is 2. The van der Waals surface area contributed by atoms with Gasteiger partial charge in [-0.2, -0.15) is 0 Å². The molecule has 1 unspecified atom stereocenters. The van der Waals surface area contributed by atoms with Crippen molar-refractivity contribution in [3.8, 4) is 0 Å². The molecule has 0 saturated carbocycles. The summed E-state index contributed by atoms with van der Waals surface area (Å²) >= 11 is 0. The molecule has 0 aromatic rings. The van der Waals surface area contributed by atoms with Gasteiger partial charge in [-0.15, -0.1) is 0 Å². The molecule has 0 radical (unpaired) electrons. The SMILES string of the molecule is CN1CCCC(C(=O)O)(N2CCCCC2)C1. The molecule has 2 saturated heterocycles. The zero-order valence-corrected chi connectivity index (χ0v) is 10.1. The van der Waals surface area contributed by atoms with Crippen LogP contribution in [0.3, 0.4) is 0 Å². The van der Waals surface area contributed by atoms with E-state index in [1.54, 1.807) is 0 Å². The largest absolute Gasteiger partial charge is 0.480 e. The minimum Gasteiger partial charge on any atom is -0.480 e. The number of hydrogen-bond acceptors (Lipinski definition) is 3. The van der Waals surface area contributed by atoms with Crippen LogP contribution in [0.2, 0.25) is 0 Å². The smallest absolute Gasteiger partial charge is 0.325 e. The molecular weight excluding hydrogens is 204 g/mol. The fourth-order valence-corrected chi connectivity index (χ4v) is 3.14. The Hall–Kier alpha value is -0.610. The normalized spacial score (nSPS) is 33.8. The predicted molar refractivity (Wildman–Crippen MR) is 62.5 cm³/mol. The van der Waals surface area contributed by atoms with E-state index in [9.17, 15) is 9.90 Å². The maximum Gasteiger partial charge on any atom is 0.325 e. The van der Waals surface area contributed by atoms with Crippen LogP contribution >= 0.6 is 0 Å². The van der Waals surface area contributed by atoms with Crippen LogP contribution in [0.5, 0.6) is 0 Å². The summed E-state index contributed by atoms with van der Waals surface area (Å²) in [4.78, 5) is 16.0. The zero-order valence-electron chi connectivity index (χ0n) is 10.1. The molecule has 16 heavy (non-hydrogen) atoms. The molecule has 4 heteroatoms. The molecule has 0 amide bonds. The van der Waals surface area contributed by atoms with Gasteiger partial charge >= 0.3 is 5.97 Å². The second-order valence-electron chi connectivity index (χ2n) is 5.23. The van der Waals surface area contributed by atoms with E-state index in [0.717, 1.165) is 45.3 Å². The van der Waals surface area contributed by atoms with Crippen LogP contribution in [0.25, 0.3) is 0 Å². The monoisotopic (exact) mass is 226 g/mol. The Morgan fingerprint density at radius 2 is 1.81 bits per heavy atom. The van der Waals surface area contributed by atoms with Gasteiger partial charge in [0.2, 0.25) is 0 Å². The van der Waals surface area contributed by atoms with Crippen LogP contribution in [0, 0.1) is 0 Å². The first-order valence-corrected chi connectivity index (χ1v) is 6.32. The fourth-order valence-electron chi connectivity index (χ4n) is 3.14. The quantitative estimate of drug-likeness (QED) is 0.763. The van der Waals surface area contributed by atoms with E-state index in [1.807, 2.05) is 7.05 Å². The van der Waals surface area contributed by atoms with Crippen LogP contribution in [-0.2, 0) is 4.79 Å². The Morgan fingerprint density at radius 1 is 1.12 bits per heavy atom. The van der Waals surface area contributed by atoms with Crippen LogP contribution < -0.4 is 0 Å². The lowest BCUT2D eigenvalue weighted by Crippen LogP contribution is -2.63. The Bertz CT molecular complexity index is 264. The molecule has 0 aliphatic carbocycles. The summed E-state index contributed by atoms with van der Waals surface area (Å²) in [5, 5.41) is 9.59. The molecule has 1 atom stereocenters. The number of carboxylic acid groups (broad SMARTS) is 1. The average molecular weight is 226 g/mol. The van der Waals surface area contributed by atoms with Crippen molar-refractivity contribution in [3.63, 3.8) is 0 Å². The molecule has 0 aromatic heterocycles. The van der Waals surface area contributed by atoms with Gasteiger partial charge in [0.15, 0.2) is 0 Å². The molecule has 0 aromatic carbocycles. The maximum absolute atomic E-state index is 11.7. The standard InChI is InChI=1S/C12H22N2O2/c1-13-7-5-6-12(10-13,11(15)16)14-8-3-2-4-9-14/h2-10H2,1H3,(H,15,16). The Morgan fingerprint density at radius 3 is 2.38 bits per heavy atom. The van der Waals surface area contributed by atoms with Crippen molar-refractivity contribution in [1.82, 2.24) is 9.80 Å². The average Bonchev–Trinajstić information content (AvgIpc) is 2.30. The van der Waals surface area contributed by atoms with Gasteiger partial charge in [-0.3, -0.25) is 9.69 Å². The first-order chi connectivity index (χ1) is 7.65. The van der Waals surface area contributed by atoms with Crippen LogP contribution in [0.4, 0.5) is 0 Å². The van der Waals surface area contributed by atoms with Crippen LogP contribution in [0.15, 0.2) is 0 Å². The number of nitrogens with zero attached hydrogens (tertiary/aromatic N) is 2. The van der Waals surface area contributed by atoms with Crippen molar-refractivity contribution >= 4 is 5.97 Å². The molecule has 1 N–H and O–H groups in total. The molecule has 0 spiro atoms. The summed E-state index contributed by atoms with van der Waals surface area (Å²) in [6, 6.07) is 0. The second kappa shape index (κ2) is 4.72. The van der Waals surface area contributed by atoms with Crippen LogP contribution in [-0.4, -0.2) is 59.6 Å². The second-order valence-corrected chi connectivity index (χ2v) is 5.23. The summed E-state index contributed by atoms with van der Waals surface area (Å²) in [7, 11) is 2.03. The molecular formula is C12H22N2O2. The molecule has 2 aliphatic rings. The van der Waals surface area contributed by atoms with E-state index >= 15 is 0 Å². The van der Waals surface area contributed by atoms with Gasteiger partial charge in [0, 0.05) is 6.54 Å². The van der Waals surface area contributed by atoms with Gasteiger partial charge in [0.25, 0.3) is 0 Å². The van der Waals surface area contributed by atoms with E-state index in [-0.39, 0.29) is 0 Å². The lowest BCUT2D eigenvalue weighted by molar-refractivity contribution is -0.156. The third-order valence-corrected chi connectivity index (χ3v) is 4.02. The van der Waals surface area contributed by atoms with Gasteiger partial charge in [0.1, 0.15) is 5.54 Å². The Labute approximate surface area is 97.2 Å². The highest BCUT2D eigenvalue weighted by Gasteiger charge is 2.46. The minimum absolute atomic E-state index is 0.604. The summed E-state index contributed by atoms with van der Waals surface area (Å²) in [5.41, 5.74) is -0.604. The van der Waals surface area contributed by atoms with E-state index in [0.29, 0.717) is 6.54 Å². The van der Waals surface area contributed by atoms with E-state index in [4.69, 9.17) is 0 Å². The molecule has 4 nitrogen and oxygen atoms in total. The molecule has 92 valence electrons. The molecule has 2 heterocycles. The molecule has 2 aliphatic heterocycles. The van der Waals surface area contributed by atoms with Gasteiger partial charge in [-0.1, -0.05) is 6.42 Å². The molecule has 2 fully saturated rings. The number of carbonyl (C=O) groups is 1. The van der Waals surface area contributed by atoms with Gasteiger partial charge < -0.3 is 10.0 Å². The fraction of sp³-hybridized carbons (Fsp3) is 0.917. The third kappa shape index (κ3) is 2.09. The van der Waals surface area contributed by atoms with Crippen molar-refractivity contribution in [2.75, 3.05) is 33.2 Å². The Kier molecular flexibility index (Phi) is 3.50. The molecule has 0 bridgehead atoms. The number of hydrogen-bond donors (Lipinski definition) is 1. The number of piperidine rings is 2. The van der Waals surface area contributed by atoms with Crippen molar-refractivity contribution in [3.05, 3.63) is 0 Å². The van der Waals surface area contributed by atoms with Crippen molar-refractivity contribution < 1.29 is 9.90 Å². The number of likely N-dealkylation sites (N-methyl/N-ethyl adjacent to an activating group) is 1. The Balaban J connectivity index is 2.16. The van der Waals surface area contributed by atoms with Crippen molar-refractivity contribution in [2.45, 2.75) is 37.6 Å². The van der Waals surface area contributed by atoms with Gasteiger partial charge in [-0.25, -0.2) is 0 Å². The molecule has 2 rings (SSSR count). The summed E-state index contributed by atoms with van der Waals surface area (Å²) in [5.74, 6) is -0.624. The number of aliphatic carboxylic acids is 1.